The number of hydrogen-bond donors (Lipinski definition) is 0. The van der Waals surface area contributed by atoms with Crippen LogP contribution in [0.4, 0.5) is 4.79 Å². The van der Waals surface area contributed by atoms with Gasteiger partial charge in [-0.05, 0) is 0 Å². The van der Waals surface area contributed by atoms with Gasteiger partial charge in [0.1, 0.15) is 0 Å². The van der Waals surface area contributed by atoms with Crippen LogP contribution in [0.25, 0.3) is 0 Å². The van der Waals surface area contributed by atoms with Crippen molar-refractivity contribution in [1.82, 2.24) is 0 Å². The van der Waals surface area contributed by atoms with Crippen molar-refractivity contribution >= 4 is 6.16 Å². The molecule has 0 atom stereocenters. The van der Waals surface area contributed by atoms with Crippen LogP contribution in [-0.2, 0) is 24.4 Å². The van der Waals surface area contributed by atoms with Crippen molar-refractivity contribution < 1.29 is 39.5 Å². The van der Waals surface area contributed by atoms with E-state index in [2.05, 4.69) is 4.89 Å². The summed E-state index contributed by atoms with van der Waals surface area (Å²) in [6.45, 7) is 0. The van der Waals surface area contributed by atoms with Crippen molar-refractivity contribution in [3.63, 3.8) is 0 Å². The first-order chi connectivity index (χ1) is 2.27. The zero-order valence-corrected chi connectivity index (χ0v) is 5.81. The van der Waals surface area contributed by atoms with Crippen LogP contribution >= 0.6 is 0 Å². The summed E-state index contributed by atoms with van der Waals surface area (Å²) < 4.78 is 0. The van der Waals surface area contributed by atoms with Crippen LogP contribution in [0.1, 0.15) is 0 Å². The number of carbonyl (C=O) groups is 1. The first-order valence-electron chi connectivity index (χ1n) is 0.779. The van der Waals surface area contributed by atoms with Crippen LogP contribution in [0.5, 0.6) is 0 Å². The molecule has 6 heavy (non-hydrogen) atoms. The van der Waals surface area contributed by atoms with Gasteiger partial charge < -0.3 is 20.0 Å². The molecule has 0 aromatic carbocycles. The predicted molar refractivity (Wildman–Crippen MR) is 6.48 cm³/mol. The van der Waals surface area contributed by atoms with Crippen LogP contribution in [0.3, 0.4) is 0 Å². The van der Waals surface area contributed by atoms with E-state index in [1.54, 1.807) is 0 Å². The minimum atomic E-state index is -2.05. The summed E-state index contributed by atoms with van der Waals surface area (Å²) in [5.74, 6) is 0. The van der Waals surface area contributed by atoms with Crippen molar-refractivity contribution in [3.05, 3.63) is 0 Å². The molecule has 0 fully saturated rings. The van der Waals surface area contributed by atoms with Gasteiger partial charge in [-0.2, -0.15) is 0 Å². The minimum Gasteiger partial charge on any atom is -0.755 e. The molecule has 0 saturated heterocycles. The Labute approximate surface area is 46.4 Å². The summed E-state index contributed by atoms with van der Waals surface area (Å²) in [5.41, 5.74) is 0. The first-order valence-corrected chi connectivity index (χ1v) is 0.779. The molecule has 30 valence electrons. The summed E-state index contributed by atoms with van der Waals surface area (Å²) in [6, 6.07) is 0. The Morgan fingerprint density at radius 3 is 1.83 bits per heavy atom. The van der Waals surface area contributed by atoms with E-state index in [0.29, 0.717) is 0 Å². The Bertz CT molecular complexity index is 42.8. The Morgan fingerprint density at radius 1 is 1.67 bits per heavy atom. The molecular weight excluding hydrogens is 141 g/mol. The van der Waals surface area contributed by atoms with Crippen molar-refractivity contribution in [2.45, 2.75) is 0 Å². The van der Waals surface area contributed by atoms with E-state index < -0.39 is 6.16 Å². The van der Waals surface area contributed by atoms with Gasteiger partial charge in [0.25, 0.3) is 0 Å². The van der Waals surface area contributed by atoms with Gasteiger partial charge in [-0.15, -0.1) is 0 Å². The van der Waals surface area contributed by atoms with Crippen molar-refractivity contribution in [2.75, 3.05) is 0 Å². The van der Waals surface area contributed by atoms with Gasteiger partial charge in [-0.25, -0.2) is 0 Å². The summed E-state index contributed by atoms with van der Waals surface area (Å²) >= 11 is 0. The van der Waals surface area contributed by atoms with Crippen LogP contribution in [0.2, 0.25) is 0 Å². The normalized spacial score (nSPS) is 5.50. The largest absolute Gasteiger partial charge is 2.00 e. The summed E-state index contributed by atoms with van der Waals surface area (Å²) in [6.07, 6.45) is -2.05. The van der Waals surface area contributed by atoms with Gasteiger partial charge >= 0.3 is 19.5 Å². The Balaban J connectivity index is 0. The van der Waals surface area contributed by atoms with Gasteiger partial charge in [0.05, 0.1) is 0 Å². The average molecular weight is 141 g/mol. The molecule has 0 spiro atoms. The third kappa shape index (κ3) is 9.13. The fraction of sp³-hybridized carbons (Fsp3) is 0. The van der Waals surface area contributed by atoms with E-state index >= 15 is 0 Å². The molecule has 0 rings (SSSR count). The van der Waals surface area contributed by atoms with Crippen LogP contribution < -0.4 is 10.4 Å². The van der Waals surface area contributed by atoms with Crippen LogP contribution in [-0.4, -0.2) is 6.16 Å². The van der Waals surface area contributed by atoms with Crippen molar-refractivity contribution in [3.8, 4) is 0 Å². The molecule has 0 unspecified atom stereocenters. The standard InChI is InChI=1S/CH2O4.Zn/c2-1(3)5-4;/h4H,(H,2,3);/q;+2/p-2. The third-order valence-corrected chi connectivity index (χ3v) is 0.0680. The average Bonchev–Trinajstić information content (AvgIpc) is 1.38. The molecule has 0 saturated carbocycles. The van der Waals surface area contributed by atoms with Gasteiger partial charge in [-0.3, -0.25) is 0 Å². The Hall–Kier alpha value is -0.147. The second-order valence-corrected chi connectivity index (χ2v) is 0.333. The number of carboxylic acid groups (broad SMARTS) is 1. The molecule has 0 amide bonds. The molecule has 0 bridgehead atoms. The second kappa shape index (κ2) is 4.85. The maximum atomic E-state index is 8.72. The quantitative estimate of drug-likeness (QED) is 0.215. The predicted octanol–water partition coefficient (Wildman–Crippen LogP) is -2.38. The van der Waals surface area contributed by atoms with Gasteiger partial charge in [-0.1, -0.05) is 0 Å². The fourth-order valence-electron chi connectivity index (χ4n) is 0. The second-order valence-electron chi connectivity index (χ2n) is 0.333. The molecule has 0 aliphatic heterocycles. The SMILES string of the molecule is O=C([O-])O[O-].[Zn+2]. The fourth-order valence-corrected chi connectivity index (χ4v) is 0. The number of hydrogen-bond acceptors (Lipinski definition) is 4. The van der Waals surface area contributed by atoms with E-state index in [4.69, 9.17) is 15.2 Å². The molecule has 0 aliphatic rings. The van der Waals surface area contributed by atoms with Crippen molar-refractivity contribution in [2.24, 2.45) is 0 Å². The van der Waals surface area contributed by atoms with Gasteiger partial charge in [0.15, 0.2) is 0 Å². The Morgan fingerprint density at radius 2 is 1.83 bits per heavy atom. The van der Waals surface area contributed by atoms with E-state index in [-0.39, 0.29) is 19.5 Å². The van der Waals surface area contributed by atoms with E-state index in [0.717, 1.165) is 0 Å². The molecule has 0 radical (unpaired) electrons. The maximum absolute atomic E-state index is 8.72. The third-order valence-electron chi connectivity index (χ3n) is 0.0680. The summed E-state index contributed by atoms with van der Waals surface area (Å²) in [5, 5.41) is 17.2. The summed E-state index contributed by atoms with van der Waals surface area (Å²) in [7, 11) is 0. The molecule has 0 heterocycles. The maximum Gasteiger partial charge on any atom is 2.00 e. The molecule has 5 heteroatoms. The first kappa shape index (κ1) is 9.29. The smallest absolute Gasteiger partial charge is 0.755 e. The summed E-state index contributed by atoms with van der Waals surface area (Å²) in [4.78, 5) is 11.0. The molecule has 0 aromatic rings. The van der Waals surface area contributed by atoms with Crippen LogP contribution in [0, 0.1) is 0 Å². The minimum absolute atomic E-state index is 0. The van der Waals surface area contributed by atoms with E-state index in [1.807, 2.05) is 0 Å². The molecule has 0 aromatic heterocycles. The molecule has 0 aliphatic carbocycles. The van der Waals surface area contributed by atoms with Crippen LogP contribution in [0.15, 0.2) is 0 Å². The van der Waals surface area contributed by atoms with Crippen molar-refractivity contribution in [1.29, 1.82) is 0 Å². The van der Waals surface area contributed by atoms with E-state index in [9.17, 15) is 0 Å². The van der Waals surface area contributed by atoms with Gasteiger partial charge in [0, 0.05) is 0 Å². The topological polar surface area (TPSA) is 72.4 Å². The van der Waals surface area contributed by atoms with E-state index in [1.165, 1.54) is 0 Å². The number of carbonyl (C=O) groups excluding carboxylic acids is 1. The number of rotatable bonds is 0. The zero-order chi connectivity index (χ0) is 4.28. The zero-order valence-electron chi connectivity index (χ0n) is 2.84. The molecule has 0 N–H and O–H groups in total. The van der Waals surface area contributed by atoms with Gasteiger partial charge in [0.2, 0.25) is 6.16 Å². The Kier molecular flexibility index (Phi) is 7.51. The molecular formula is CO4Zn. The monoisotopic (exact) mass is 140 g/mol. The molecule has 4 nitrogen and oxygen atoms in total.